The van der Waals surface area contributed by atoms with Crippen molar-refractivity contribution in [3.8, 4) is 0 Å². The molecule has 71 heavy (non-hydrogen) atoms. The van der Waals surface area contributed by atoms with Crippen LogP contribution < -0.4 is 17.2 Å². The number of rotatable bonds is 30. The molecule has 0 radical (unpaired) electrons. The van der Waals surface area contributed by atoms with Crippen LogP contribution in [0.25, 0.3) is 0 Å². The Morgan fingerprint density at radius 2 is 1.23 bits per heavy atom. The summed E-state index contributed by atoms with van der Waals surface area (Å²) in [6, 6.07) is -4.23. The fourth-order valence-electron chi connectivity index (χ4n) is 9.04. The van der Waals surface area contributed by atoms with E-state index < -0.39 is 186 Å². The van der Waals surface area contributed by atoms with Crippen molar-refractivity contribution in [2.75, 3.05) is 33.0 Å². The number of aliphatic carboxylic acids is 1. The van der Waals surface area contributed by atoms with Crippen molar-refractivity contribution >= 4 is 5.97 Å². The number of allylic oxidation sites excluding steroid dienone is 1. The maximum Gasteiger partial charge on any atom is 0.364 e. The summed E-state index contributed by atoms with van der Waals surface area (Å²) in [7, 11) is 0. The number of aliphatic hydroxyl groups excluding tert-OH is 13. The number of hydrogen-bond donors (Lipinski definition) is 17. The molecule has 4 aliphatic heterocycles. The van der Waals surface area contributed by atoms with Gasteiger partial charge in [0, 0.05) is 6.42 Å². The van der Waals surface area contributed by atoms with Crippen LogP contribution in [0.2, 0.25) is 0 Å². The van der Waals surface area contributed by atoms with Crippen LogP contribution >= 0.6 is 0 Å². The normalized spacial score (nSPS) is 39.8. The maximum absolute atomic E-state index is 13.1. The molecule has 416 valence electrons. The standard InChI is InChI=1S/C45H83N3O23/c1-2-3-4-5-6-7-8-9-10-11-12-13-14-15-23(53)22(46)21-64-42-35(60)34(59)37(27(19-51)66-42)68-43-36(61)40(38(28(20-52)67-43)69-41-30(48)33(58)32(57)26(18-50)65-41)71-45(44(62)63)16-24(54)29(47)39(70-45)31(56)25(55)17-49/h14-15,22-43,49-61H,2-13,16-21,46-48H2,1H3,(H,62,63)/b15-14-/t22?,23?,24-,25?,26-,27-,28-,29+,30-,31?,32-,33-,34-,35-,36+,37-,38-,39-,40+,41+,42-,43+,45-/m1/s1. The van der Waals surface area contributed by atoms with E-state index in [-0.39, 0.29) is 0 Å². The first-order chi connectivity index (χ1) is 33.8. The molecule has 4 aliphatic rings. The van der Waals surface area contributed by atoms with Gasteiger partial charge in [-0.1, -0.05) is 83.3 Å². The average Bonchev–Trinajstić information content (AvgIpc) is 3.35. The average molecular weight is 1030 g/mol. The molecule has 0 aromatic rings. The second-order valence-electron chi connectivity index (χ2n) is 19.0. The topological polar surface area (TPSA) is 452 Å². The summed E-state index contributed by atoms with van der Waals surface area (Å²) in [6.07, 6.45) is -19.1. The highest BCUT2D eigenvalue weighted by atomic mass is 16.8. The summed E-state index contributed by atoms with van der Waals surface area (Å²) < 4.78 is 46.2. The second-order valence-corrected chi connectivity index (χ2v) is 19.0. The summed E-state index contributed by atoms with van der Waals surface area (Å²) in [5, 5.41) is 149. The SMILES string of the molecule is CCCCCCCCCCCCC/C=C\C(O)C(N)CO[C@@H]1O[C@H](CO)[C@@H](O[C@@H]2O[C@H](CO)[C@@H](O[C@@H]3O[C@H](CO)[C@@H](O)[C@H](O)[C@H]3N)[C@@H](O[C@@]3(C(=O)O)C[C@@H](O)[C@H](N)[C@H](C(O)C(O)CO)O3)[C@@H]2O)[C@H](O)[C@H]1O. The highest BCUT2D eigenvalue weighted by Crippen LogP contribution is 2.39. The van der Waals surface area contributed by atoms with Crippen molar-refractivity contribution in [1.82, 2.24) is 0 Å². The Balaban J connectivity index is 1.47. The third-order valence-electron chi connectivity index (χ3n) is 13.5. The predicted molar refractivity (Wildman–Crippen MR) is 243 cm³/mol. The molecular formula is C45H83N3O23. The van der Waals surface area contributed by atoms with Crippen LogP contribution in [0, 0.1) is 0 Å². The van der Waals surface area contributed by atoms with E-state index in [9.17, 15) is 76.3 Å². The molecule has 4 saturated heterocycles. The number of aliphatic hydroxyl groups is 13. The van der Waals surface area contributed by atoms with Gasteiger partial charge >= 0.3 is 5.97 Å². The van der Waals surface area contributed by atoms with E-state index in [0.717, 1.165) is 25.7 Å². The zero-order valence-electron chi connectivity index (χ0n) is 40.3. The highest BCUT2D eigenvalue weighted by molar-refractivity contribution is 5.76. The molecule has 0 spiro atoms. The van der Waals surface area contributed by atoms with Gasteiger partial charge in [-0.15, -0.1) is 0 Å². The molecule has 0 aromatic heterocycles. The van der Waals surface area contributed by atoms with Crippen molar-refractivity contribution in [2.45, 2.75) is 231 Å². The first kappa shape index (κ1) is 61.8. The molecule has 4 rings (SSSR count). The van der Waals surface area contributed by atoms with Gasteiger partial charge in [0.1, 0.15) is 85.5 Å². The Morgan fingerprint density at radius 1 is 0.676 bits per heavy atom. The molecule has 4 unspecified atom stereocenters. The van der Waals surface area contributed by atoms with Gasteiger partial charge in [-0.2, -0.15) is 0 Å². The van der Waals surface area contributed by atoms with Crippen molar-refractivity contribution < 1.29 is 114 Å². The number of unbranched alkanes of at least 4 members (excludes halogenated alkanes) is 11. The number of carboxylic acids is 1. The van der Waals surface area contributed by atoms with Crippen LogP contribution in [0.5, 0.6) is 0 Å². The van der Waals surface area contributed by atoms with E-state index in [4.69, 9.17) is 55.1 Å². The van der Waals surface area contributed by atoms with Crippen molar-refractivity contribution in [2.24, 2.45) is 17.2 Å². The monoisotopic (exact) mass is 1030 g/mol. The lowest BCUT2D eigenvalue weighted by atomic mass is 9.88. The van der Waals surface area contributed by atoms with E-state index in [2.05, 4.69) is 6.92 Å². The zero-order chi connectivity index (χ0) is 52.6. The fraction of sp³-hybridized carbons (Fsp3) is 0.933. The molecule has 4 heterocycles. The third kappa shape index (κ3) is 16.4. The van der Waals surface area contributed by atoms with Gasteiger partial charge in [-0.25, -0.2) is 4.79 Å². The lowest BCUT2D eigenvalue weighted by Gasteiger charge is -2.52. The number of ether oxygens (including phenoxy) is 8. The molecule has 0 saturated carbocycles. The fourth-order valence-corrected chi connectivity index (χ4v) is 9.04. The Labute approximate surface area is 412 Å². The van der Waals surface area contributed by atoms with Gasteiger partial charge in [-0.3, -0.25) is 0 Å². The molecular weight excluding hydrogens is 950 g/mol. The van der Waals surface area contributed by atoms with Gasteiger partial charge < -0.3 is 127 Å². The van der Waals surface area contributed by atoms with Crippen molar-refractivity contribution in [1.29, 1.82) is 0 Å². The van der Waals surface area contributed by atoms with Gasteiger partial charge in [0.15, 0.2) is 18.9 Å². The number of nitrogens with two attached hydrogens (primary N) is 3. The van der Waals surface area contributed by atoms with E-state index >= 15 is 0 Å². The summed E-state index contributed by atoms with van der Waals surface area (Å²) in [5.41, 5.74) is 18.3. The molecule has 0 aromatic carbocycles. The molecule has 20 N–H and O–H groups in total. The number of carboxylic acid groups (broad SMARTS) is 1. The van der Waals surface area contributed by atoms with E-state index in [1.54, 1.807) is 0 Å². The quantitative estimate of drug-likeness (QED) is 0.0236. The Morgan fingerprint density at radius 3 is 1.80 bits per heavy atom. The van der Waals surface area contributed by atoms with Crippen molar-refractivity contribution in [3.63, 3.8) is 0 Å². The van der Waals surface area contributed by atoms with Crippen LogP contribution in [-0.4, -0.2) is 251 Å². The predicted octanol–water partition coefficient (Wildman–Crippen LogP) is -5.64. The maximum atomic E-state index is 13.1. The Kier molecular flexibility index (Phi) is 26.2. The minimum atomic E-state index is -3.12. The van der Waals surface area contributed by atoms with Crippen LogP contribution in [0.3, 0.4) is 0 Å². The van der Waals surface area contributed by atoms with Gasteiger partial charge in [-0.05, 0) is 12.8 Å². The molecule has 23 atom stereocenters. The lowest BCUT2D eigenvalue weighted by Crippen LogP contribution is -2.71. The molecule has 0 bridgehead atoms. The summed E-state index contributed by atoms with van der Waals surface area (Å²) in [4.78, 5) is 13.1. The van der Waals surface area contributed by atoms with Crippen LogP contribution in [-0.2, 0) is 42.7 Å². The van der Waals surface area contributed by atoms with Crippen LogP contribution in [0.15, 0.2) is 12.2 Å². The minimum absolute atomic E-state index is 0.391. The van der Waals surface area contributed by atoms with Gasteiger partial charge in [0.05, 0.1) is 63.4 Å². The third-order valence-corrected chi connectivity index (χ3v) is 13.5. The number of carbonyl (C=O) groups is 1. The highest BCUT2D eigenvalue weighted by Gasteiger charge is 2.61. The summed E-state index contributed by atoms with van der Waals surface area (Å²) in [6.45, 7) is -2.11. The minimum Gasteiger partial charge on any atom is -0.477 e. The first-order valence-corrected chi connectivity index (χ1v) is 24.8. The van der Waals surface area contributed by atoms with Crippen molar-refractivity contribution in [3.05, 3.63) is 12.2 Å². The molecule has 4 fully saturated rings. The van der Waals surface area contributed by atoms with E-state index in [1.165, 1.54) is 57.4 Å². The lowest BCUT2D eigenvalue weighted by molar-refractivity contribution is -0.400. The largest absolute Gasteiger partial charge is 0.477 e. The Bertz CT molecular complexity index is 1540. The van der Waals surface area contributed by atoms with Crippen LogP contribution in [0.4, 0.5) is 0 Å². The van der Waals surface area contributed by atoms with E-state index in [1.807, 2.05) is 6.08 Å². The summed E-state index contributed by atoms with van der Waals surface area (Å²) in [5.74, 6) is -5.13. The van der Waals surface area contributed by atoms with Gasteiger partial charge in [0.25, 0.3) is 5.79 Å². The molecule has 26 heteroatoms. The van der Waals surface area contributed by atoms with E-state index in [0.29, 0.717) is 0 Å². The first-order valence-electron chi connectivity index (χ1n) is 24.8. The molecule has 0 aliphatic carbocycles. The second kappa shape index (κ2) is 30.1. The van der Waals surface area contributed by atoms with Crippen LogP contribution in [0.1, 0.15) is 90.4 Å². The number of hydrogen-bond acceptors (Lipinski definition) is 25. The molecule has 0 amide bonds. The van der Waals surface area contributed by atoms with Gasteiger partial charge in [0.2, 0.25) is 0 Å². The smallest absolute Gasteiger partial charge is 0.364 e. The molecule has 26 nitrogen and oxygen atoms in total. The Hall–Kier alpha value is -1.75. The zero-order valence-corrected chi connectivity index (χ0v) is 40.3. The summed E-state index contributed by atoms with van der Waals surface area (Å²) >= 11 is 0.